The molecule has 8 heteroatoms. The van der Waals surface area contributed by atoms with Gasteiger partial charge in [0.05, 0.1) is 23.6 Å². The second kappa shape index (κ2) is 11.0. The molecule has 0 bridgehead atoms. The van der Waals surface area contributed by atoms with E-state index in [1.165, 1.54) is 25.3 Å². The number of anilines is 2. The first-order valence-electron chi connectivity index (χ1n) is 13.2. The molecule has 0 unspecified atom stereocenters. The molecule has 1 aromatic heterocycles. The van der Waals surface area contributed by atoms with Crippen molar-refractivity contribution in [1.82, 2.24) is 10.1 Å². The maximum atomic E-state index is 13.9. The van der Waals surface area contributed by atoms with Crippen LogP contribution in [0.4, 0.5) is 20.2 Å². The Morgan fingerprint density at radius 3 is 2.54 bits per heavy atom. The number of carbonyl (C=O) groups is 1. The molecule has 1 saturated heterocycles. The highest BCUT2D eigenvalue weighted by molar-refractivity contribution is 5.96. The molecule has 1 saturated carbocycles. The van der Waals surface area contributed by atoms with Crippen molar-refractivity contribution in [3.8, 4) is 11.1 Å². The number of nitrogens with zero attached hydrogens (tertiary/aromatic N) is 2. The summed E-state index contributed by atoms with van der Waals surface area (Å²) in [6.45, 7) is 4.68. The fourth-order valence-electron chi connectivity index (χ4n) is 5.78. The summed E-state index contributed by atoms with van der Waals surface area (Å²) in [4.78, 5) is 15.3. The fraction of sp³-hybridized carbons (Fsp3) is 0.448. The van der Waals surface area contributed by atoms with Crippen molar-refractivity contribution < 1.29 is 18.1 Å². The van der Waals surface area contributed by atoms with E-state index in [1.807, 2.05) is 36.9 Å². The van der Waals surface area contributed by atoms with Crippen LogP contribution >= 0.6 is 0 Å². The Labute approximate surface area is 216 Å². The maximum Gasteiger partial charge on any atom is 0.238 e. The monoisotopic (exact) mass is 508 g/mol. The van der Waals surface area contributed by atoms with Gasteiger partial charge in [0.15, 0.2) is 11.6 Å². The van der Waals surface area contributed by atoms with Crippen LogP contribution in [0.5, 0.6) is 0 Å². The summed E-state index contributed by atoms with van der Waals surface area (Å²) in [6, 6.07) is 10.3. The van der Waals surface area contributed by atoms with E-state index in [4.69, 9.17) is 4.52 Å². The van der Waals surface area contributed by atoms with Crippen molar-refractivity contribution in [3.63, 3.8) is 0 Å². The SMILES string of the molecule is Cc1noc(C)c1-c1ccc(NC2CCCCC2)c(NC(=O)CN2CCC[C@H]2c2ccc(F)c(F)c2)c1. The van der Waals surface area contributed by atoms with Crippen molar-refractivity contribution in [2.75, 3.05) is 23.7 Å². The zero-order valence-corrected chi connectivity index (χ0v) is 21.4. The highest BCUT2D eigenvalue weighted by Gasteiger charge is 2.28. The van der Waals surface area contributed by atoms with Gasteiger partial charge in [-0.1, -0.05) is 36.6 Å². The van der Waals surface area contributed by atoms with E-state index in [0.717, 1.165) is 72.3 Å². The number of halogens is 2. The number of aromatic nitrogens is 1. The topological polar surface area (TPSA) is 70.4 Å². The summed E-state index contributed by atoms with van der Waals surface area (Å²) in [6.07, 6.45) is 7.60. The second-order valence-electron chi connectivity index (χ2n) is 10.3. The van der Waals surface area contributed by atoms with Gasteiger partial charge in [-0.2, -0.15) is 0 Å². The largest absolute Gasteiger partial charge is 0.381 e. The maximum absolute atomic E-state index is 13.9. The molecule has 2 aliphatic rings. The zero-order valence-electron chi connectivity index (χ0n) is 21.4. The van der Waals surface area contributed by atoms with Crippen LogP contribution in [-0.2, 0) is 4.79 Å². The average Bonchev–Trinajstić information content (AvgIpc) is 3.48. The quantitative estimate of drug-likeness (QED) is 0.369. The van der Waals surface area contributed by atoms with E-state index < -0.39 is 11.6 Å². The van der Waals surface area contributed by atoms with Crippen molar-refractivity contribution in [3.05, 3.63) is 65.1 Å². The first kappa shape index (κ1) is 25.4. The fourth-order valence-corrected chi connectivity index (χ4v) is 5.78. The Hall–Kier alpha value is -3.26. The minimum atomic E-state index is -0.859. The summed E-state index contributed by atoms with van der Waals surface area (Å²) in [5.41, 5.74) is 4.98. The Bertz CT molecular complexity index is 1250. The van der Waals surface area contributed by atoms with Gasteiger partial charge >= 0.3 is 0 Å². The second-order valence-corrected chi connectivity index (χ2v) is 10.3. The molecule has 196 valence electrons. The third-order valence-electron chi connectivity index (χ3n) is 7.62. The molecule has 2 aromatic carbocycles. The Kier molecular flexibility index (Phi) is 7.55. The molecule has 0 radical (unpaired) electrons. The number of aryl methyl sites for hydroxylation is 2. The molecule has 2 fully saturated rings. The summed E-state index contributed by atoms with van der Waals surface area (Å²) in [7, 11) is 0. The molecular formula is C29H34F2N4O2. The Morgan fingerprint density at radius 2 is 1.81 bits per heavy atom. The number of likely N-dealkylation sites (tertiary alicyclic amines) is 1. The Morgan fingerprint density at radius 1 is 1.00 bits per heavy atom. The smallest absolute Gasteiger partial charge is 0.238 e. The predicted octanol–water partition coefficient (Wildman–Crippen LogP) is 6.76. The first-order chi connectivity index (χ1) is 17.9. The Balaban J connectivity index is 1.36. The lowest BCUT2D eigenvalue weighted by atomic mass is 9.95. The first-order valence-corrected chi connectivity index (χ1v) is 13.2. The molecule has 37 heavy (non-hydrogen) atoms. The van der Waals surface area contributed by atoms with Crippen molar-refractivity contribution in [2.24, 2.45) is 0 Å². The normalized spacial score (nSPS) is 18.8. The molecule has 1 aliphatic heterocycles. The number of nitrogens with one attached hydrogen (secondary N) is 2. The minimum absolute atomic E-state index is 0.116. The van der Waals surface area contributed by atoms with Crippen molar-refractivity contribution in [1.29, 1.82) is 0 Å². The third kappa shape index (κ3) is 5.69. The van der Waals surface area contributed by atoms with Gasteiger partial charge in [0.25, 0.3) is 0 Å². The molecule has 6 nitrogen and oxygen atoms in total. The van der Waals surface area contributed by atoms with Crippen molar-refractivity contribution in [2.45, 2.75) is 70.9 Å². The molecule has 1 amide bonds. The van der Waals surface area contributed by atoms with Crippen LogP contribution in [0.15, 0.2) is 40.9 Å². The molecule has 2 heterocycles. The van der Waals surface area contributed by atoms with E-state index in [9.17, 15) is 13.6 Å². The molecule has 3 aromatic rings. The van der Waals surface area contributed by atoms with E-state index in [-0.39, 0.29) is 18.5 Å². The summed E-state index contributed by atoms with van der Waals surface area (Å²) in [5, 5.41) is 10.9. The third-order valence-corrected chi connectivity index (χ3v) is 7.62. The molecule has 1 atom stereocenters. The standard InChI is InChI=1S/C29H34F2N4O2/c1-18-29(19(2)37-34-18)21-11-13-25(32-22-7-4-3-5-8-22)26(16-21)33-28(36)17-35-14-6-9-27(35)20-10-12-23(30)24(31)15-20/h10-13,15-16,22,27,32H,3-9,14,17H2,1-2H3,(H,33,36)/t27-/m0/s1. The summed E-state index contributed by atoms with van der Waals surface area (Å²) >= 11 is 0. The van der Waals surface area contributed by atoms with Gasteiger partial charge in [-0.25, -0.2) is 8.78 Å². The number of benzene rings is 2. The van der Waals surface area contributed by atoms with Gasteiger partial charge in [0, 0.05) is 17.6 Å². The zero-order chi connectivity index (χ0) is 25.9. The van der Waals surface area contributed by atoms with Gasteiger partial charge in [-0.3, -0.25) is 9.69 Å². The highest BCUT2D eigenvalue weighted by atomic mass is 19.2. The van der Waals surface area contributed by atoms with E-state index in [2.05, 4.69) is 15.8 Å². The summed E-state index contributed by atoms with van der Waals surface area (Å²) < 4.78 is 32.7. The molecule has 2 N–H and O–H groups in total. The van der Waals surface area contributed by atoms with Crippen LogP contribution in [0.25, 0.3) is 11.1 Å². The number of hydrogen-bond acceptors (Lipinski definition) is 5. The predicted molar refractivity (Wildman–Crippen MR) is 140 cm³/mol. The molecule has 5 rings (SSSR count). The van der Waals surface area contributed by atoms with E-state index in [0.29, 0.717) is 11.6 Å². The molecular weight excluding hydrogens is 474 g/mol. The molecule has 1 aliphatic carbocycles. The van der Waals surface area contributed by atoms with Crippen LogP contribution < -0.4 is 10.6 Å². The number of rotatable bonds is 7. The van der Waals surface area contributed by atoms with Gasteiger partial charge < -0.3 is 15.2 Å². The van der Waals surface area contributed by atoms with Crippen LogP contribution in [-0.4, -0.2) is 35.1 Å². The van der Waals surface area contributed by atoms with Crippen LogP contribution in [0.3, 0.4) is 0 Å². The van der Waals surface area contributed by atoms with Gasteiger partial charge in [0.2, 0.25) is 5.91 Å². The van der Waals surface area contributed by atoms with E-state index >= 15 is 0 Å². The van der Waals surface area contributed by atoms with Crippen molar-refractivity contribution >= 4 is 17.3 Å². The lowest BCUT2D eigenvalue weighted by Crippen LogP contribution is -2.33. The van der Waals surface area contributed by atoms with Crippen LogP contribution in [0.2, 0.25) is 0 Å². The minimum Gasteiger partial charge on any atom is -0.381 e. The lowest BCUT2D eigenvalue weighted by molar-refractivity contribution is -0.117. The van der Waals surface area contributed by atoms with Gasteiger partial charge in [0.1, 0.15) is 5.76 Å². The van der Waals surface area contributed by atoms with E-state index in [1.54, 1.807) is 6.07 Å². The molecule has 0 spiro atoms. The number of hydrogen-bond donors (Lipinski definition) is 2. The number of carbonyl (C=O) groups excluding carboxylic acids is 1. The average molecular weight is 509 g/mol. The lowest BCUT2D eigenvalue weighted by Gasteiger charge is -2.27. The van der Waals surface area contributed by atoms with Gasteiger partial charge in [-0.05, 0) is 81.5 Å². The highest BCUT2D eigenvalue weighted by Crippen LogP contribution is 2.35. The number of amides is 1. The summed E-state index contributed by atoms with van der Waals surface area (Å²) in [5.74, 6) is -1.13. The van der Waals surface area contributed by atoms with Gasteiger partial charge in [-0.15, -0.1) is 0 Å². The van der Waals surface area contributed by atoms with Crippen LogP contribution in [0.1, 0.15) is 68.0 Å². The van der Waals surface area contributed by atoms with Crippen LogP contribution in [0, 0.1) is 25.5 Å².